The monoisotopic (exact) mass is 487 g/mol. The molecule has 4 aromatic rings. The summed E-state index contributed by atoms with van der Waals surface area (Å²) in [7, 11) is 0. The fourth-order valence-corrected chi connectivity index (χ4v) is 5.12. The molecule has 0 aliphatic carbocycles. The number of hydrogen-bond donors (Lipinski definition) is 3. The van der Waals surface area contributed by atoms with Crippen molar-refractivity contribution in [1.29, 1.82) is 0 Å². The number of rotatable bonds is 6. The number of H-pyrrole nitrogens is 1. The summed E-state index contributed by atoms with van der Waals surface area (Å²) < 4.78 is 1.87. The third kappa shape index (κ3) is 4.26. The maximum Gasteiger partial charge on any atom is 0.271 e. The van der Waals surface area contributed by atoms with Crippen molar-refractivity contribution in [2.75, 3.05) is 36.5 Å². The largest absolute Gasteiger partial charge is 0.396 e. The second-order valence-electron chi connectivity index (χ2n) is 9.40. The Bertz CT molecular complexity index is 1340. The molecule has 2 fully saturated rings. The molecule has 3 N–H and O–H groups in total. The molecule has 6 heterocycles. The number of carbonyl (C=O) groups is 1. The minimum absolute atomic E-state index is 0.0864. The number of aliphatic hydroxyl groups excluding tert-OH is 1. The molecule has 186 valence electrons. The molecule has 2 saturated heterocycles. The maximum atomic E-state index is 13.0. The van der Waals surface area contributed by atoms with Crippen molar-refractivity contribution in [1.82, 2.24) is 34.4 Å². The van der Waals surface area contributed by atoms with E-state index >= 15 is 0 Å². The van der Waals surface area contributed by atoms with Crippen molar-refractivity contribution < 1.29 is 9.90 Å². The highest BCUT2D eigenvalue weighted by Crippen LogP contribution is 2.34. The first-order valence-electron chi connectivity index (χ1n) is 12.4. The Kier molecular flexibility index (Phi) is 5.98. The van der Waals surface area contributed by atoms with E-state index in [1.165, 1.54) is 0 Å². The van der Waals surface area contributed by atoms with Crippen molar-refractivity contribution in [2.24, 2.45) is 5.92 Å². The van der Waals surface area contributed by atoms with E-state index in [4.69, 9.17) is 9.97 Å². The van der Waals surface area contributed by atoms with E-state index in [0.29, 0.717) is 36.5 Å². The molecule has 6 rings (SSSR count). The average molecular weight is 488 g/mol. The normalized spacial score (nSPS) is 18.8. The van der Waals surface area contributed by atoms with Gasteiger partial charge in [-0.15, -0.1) is 0 Å². The Morgan fingerprint density at radius 2 is 2.00 bits per heavy atom. The molecule has 2 aliphatic rings. The molecule has 1 amide bonds. The van der Waals surface area contributed by atoms with Crippen LogP contribution in [0.25, 0.3) is 5.65 Å². The predicted octanol–water partition coefficient (Wildman–Crippen LogP) is 2.78. The van der Waals surface area contributed by atoms with Crippen molar-refractivity contribution in [3.8, 4) is 0 Å². The number of piperidine rings is 1. The van der Waals surface area contributed by atoms with Crippen LogP contribution < -0.4 is 10.2 Å². The van der Waals surface area contributed by atoms with Gasteiger partial charge in [-0.25, -0.2) is 0 Å². The molecule has 1 unspecified atom stereocenters. The van der Waals surface area contributed by atoms with Crippen molar-refractivity contribution >= 4 is 29.3 Å². The maximum absolute atomic E-state index is 13.0. The standard InChI is InChI=1S/C25H29N9O2/c35-16-17-8-13-32(14-9-17)23(36)19-15-21(31-30-19)27-24-29-25(28-22-7-4-12-34(22)24)33-11-3-6-20(33)18-5-1-2-10-26-18/h1-2,4-5,7,10,12,15,17,20,35H,3,6,8-9,11,13-14,16H2,(H2,27,28,29,30,31). The number of nitrogens with one attached hydrogen (secondary N) is 2. The summed E-state index contributed by atoms with van der Waals surface area (Å²) >= 11 is 0. The lowest BCUT2D eigenvalue weighted by Gasteiger charge is -2.30. The van der Waals surface area contributed by atoms with Gasteiger partial charge in [0.1, 0.15) is 11.3 Å². The molecule has 36 heavy (non-hydrogen) atoms. The molecule has 0 bridgehead atoms. The van der Waals surface area contributed by atoms with Crippen LogP contribution in [0, 0.1) is 5.92 Å². The second-order valence-corrected chi connectivity index (χ2v) is 9.40. The zero-order valence-electron chi connectivity index (χ0n) is 19.9. The highest BCUT2D eigenvalue weighted by molar-refractivity contribution is 5.93. The number of hydrogen-bond acceptors (Lipinski definition) is 8. The smallest absolute Gasteiger partial charge is 0.271 e. The molecule has 0 aromatic carbocycles. The highest BCUT2D eigenvalue weighted by atomic mass is 16.3. The van der Waals surface area contributed by atoms with Crippen LogP contribution in [0.15, 0.2) is 48.8 Å². The van der Waals surface area contributed by atoms with Crippen LogP contribution in [0.4, 0.5) is 17.7 Å². The summed E-state index contributed by atoms with van der Waals surface area (Å²) in [5.74, 6) is 1.90. The first-order chi connectivity index (χ1) is 17.7. The van der Waals surface area contributed by atoms with Gasteiger partial charge in [0.25, 0.3) is 5.91 Å². The van der Waals surface area contributed by atoms with Gasteiger partial charge in [0.05, 0.1) is 11.7 Å². The van der Waals surface area contributed by atoms with Gasteiger partial charge < -0.3 is 20.2 Å². The Balaban J connectivity index is 1.24. The Morgan fingerprint density at radius 3 is 2.81 bits per heavy atom. The van der Waals surface area contributed by atoms with E-state index in [1.54, 1.807) is 6.07 Å². The molecule has 0 spiro atoms. The lowest BCUT2D eigenvalue weighted by Crippen LogP contribution is -2.39. The number of likely N-dealkylation sites (tertiary alicyclic amines) is 1. The Hall–Kier alpha value is -3.99. The lowest BCUT2D eigenvalue weighted by atomic mass is 9.98. The van der Waals surface area contributed by atoms with Crippen LogP contribution in [0.2, 0.25) is 0 Å². The number of fused-ring (bicyclic) bond motifs is 1. The number of pyridine rings is 1. The van der Waals surface area contributed by atoms with E-state index in [1.807, 2.05) is 52.0 Å². The van der Waals surface area contributed by atoms with Crippen molar-refractivity contribution in [3.63, 3.8) is 0 Å². The number of aromatic nitrogens is 6. The summed E-state index contributed by atoms with van der Waals surface area (Å²) in [6, 6.07) is 11.7. The molecule has 11 nitrogen and oxygen atoms in total. The fourth-order valence-electron chi connectivity index (χ4n) is 5.12. The molecule has 0 radical (unpaired) electrons. The fraction of sp³-hybridized carbons (Fsp3) is 0.400. The molecule has 4 aromatic heterocycles. The third-order valence-corrected chi connectivity index (χ3v) is 7.12. The average Bonchev–Trinajstić information content (AvgIpc) is 3.70. The van der Waals surface area contributed by atoms with E-state index < -0.39 is 0 Å². The van der Waals surface area contributed by atoms with E-state index in [9.17, 15) is 9.90 Å². The second kappa shape index (κ2) is 9.57. The van der Waals surface area contributed by atoms with Gasteiger partial charge in [-0.3, -0.25) is 19.3 Å². The van der Waals surface area contributed by atoms with Crippen molar-refractivity contribution in [3.05, 3.63) is 60.2 Å². The quantitative estimate of drug-likeness (QED) is 0.379. The van der Waals surface area contributed by atoms with Crippen LogP contribution in [-0.2, 0) is 0 Å². The molecule has 2 aliphatic heterocycles. The Labute approximate surface area is 208 Å². The SMILES string of the molecule is O=C(c1cc(Nc2nc(N3CCCC3c3ccccn3)nc3cccn23)n[nH]1)N1CCC(CO)CC1. The molecule has 11 heteroatoms. The summed E-state index contributed by atoms with van der Waals surface area (Å²) in [6.45, 7) is 2.30. The molecular weight excluding hydrogens is 458 g/mol. The highest BCUT2D eigenvalue weighted by Gasteiger charge is 2.30. The molecule has 0 saturated carbocycles. The first-order valence-corrected chi connectivity index (χ1v) is 12.4. The molecular formula is C25H29N9O2. The van der Waals surface area contributed by atoms with Crippen LogP contribution in [0.5, 0.6) is 0 Å². The molecule has 1 atom stereocenters. The topological polar surface area (TPSA) is 128 Å². The summed E-state index contributed by atoms with van der Waals surface area (Å²) in [5.41, 5.74) is 2.21. The van der Waals surface area contributed by atoms with E-state index in [-0.39, 0.29) is 24.5 Å². The third-order valence-electron chi connectivity index (χ3n) is 7.12. The first kappa shape index (κ1) is 22.5. The number of anilines is 3. The van der Waals surface area contributed by atoms with E-state index in [0.717, 1.165) is 43.6 Å². The zero-order chi connectivity index (χ0) is 24.5. The van der Waals surface area contributed by atoms with Crippen molar-refractivity contribution in [2.45, 2.75) is 31.7 Å². The number of amides is 1. The lowest BCUT2D eigenvalue weighted by molar-refractivity contribution is 0.0645. The predicted molar refractivity (Wildman–Crippen MR) is 134 cm³/mol. The summed E-state index contributed by atoms with van der Waals surface area (Å²) in [5, 5.41) is 19.8. The van der Waals surface area contributed by atoms with Crippen LogP contribution >= 0.6 is 0 Å². The van der Waals surface area contributed by atoms with Crippen LogP contribution in [0.3, 0.4) is 0 Å². The number of aliphatic hydroxyl groups is 1. The number of aromatic amines is 1. The summed E-state index contributed by atoms with van der Waals surface area (Å²) in [4.78, 5) is 31.2. The Morgan fingerprint density at radius 1 is 1.11 bits per heavy atom. The van der Waals surface area contributed by atoms with Gasteiger partial charge in [0, 0.05) is 44.7 Å². The van der Waals surface area contributed by atoms with Crippen LogP contribution in [-0.4, -0.2) is 71.7 Å². The van der Waals surface area contributed by atoms with Gasteiger partial charge in [-0.2, -0.15) is 15.1 Å². The van der Waals surface area contributed by atoms with Gasteiger partial charge in [0.2, 0.25) is 11.9 Å². The zero-order valence-corrected chi connectivity index (χ0v) is 19.9. The van der Waals surface area contributed by atoms with E-state index in [2.05, 4.69) is 25.4 Å². The number of nitrogens with zero attached hydrogens (tertiary/aromatic N) is 7. The van der Waals surface area contributed by atoms with Gasteiger partial charge in [-0.1, -0.05) is 6.07 Å². The summed E-state index contributed by atoms with van der Waals surface area (Å²) in [6.07, 6.45) is 7.38. The van der Waals surface area contributed by atoms with Gasteiger partial charge >= 0.3 is 0 Å². The number of carbonyl (C=O) groups excluding carboxylic acids is 1. The van der Waals surface area contributed by atoms with Gasteiger partial charge in [0.15, 0.2) is 5.82 Å². The van der Waals surface area contributed by atoms with Crippen LogP contribution in [0.1, 0.15) is 47.9 Å². The van der Waals surface area contributed by atoms with Gasteiger partial charge in [-0.05, 0) is 55.9 Å². The minimum atomic E-state index is -0.0864. The minimum Gasteiger partial charge on any atom is -0.396 e.